The molecule has 0 amide bonds. The van der Waals surface area contributed by atoms with Gasteiger partial charge in [-0.2, -0.15) is 9.40 Å². The maximum absolute atomic E-state index is 12.4. The lowest BCUT2D eigenvalue weighted by Gasteiger charge is -2.16. The number of nitrogens with zero attached hydrogens (tertiary/aromatic N) is 2. The molecule has 108 valence electrons. The first-order chi connectivity index (χ1) is 9.48. The van der Waals surface area contributed by atoms with Crippen LogP contribution in [0.3, 0.4) is 0 Å². The molecule has 0 spiro atoms. The molecule has 0 fully saturated rings. The van der Waals surface area contributed by atoms with E-state index in [1.165, 1.54) is 10.4 Å². The number of sulfonamides is 1. The molecule has 0 radical (unpaired) electrons. The van der Waals surface area contributed by atoms with E-state index in [4.69, 9.17) is 0 Å². The van der Waals surface area contributed by atoms with Crippen LogP contribution in [0, 0.1) is 0 Å². The maximum atomic E-state index is 12.4. The molecule has 0 saturated heterocycles. The minimum atomic E-state index is -3.44. The molecule has 0 bridgehead atoms. The molecule has 0 aliphatic rings. The molecule has 2 aromatic heterocycles. The molecule has 0 unspecified atom stereocenters. The van der Waals surface area contributed by atoms with E-state index in [1.807, 2.05) is 0 Å². The van der Waals surface area contributed by atoms with Crippen molar-refractivity contribution in [3.8, 4) is 11.3 Å². The van der Waals surface area contributed by atoms with E-state index < -0.39 is 10.0 Å². The van der Waals surface area contributed by atoms with E-state index in [9.17, 15) is 13.2 Å². The Hall–Kier alpha value is -1.51. The van der Waals surface area contributed by atoms with E-state index >= 15 is 0 Å². The second-order valence-electron chi connectivity index (χ2n) is 4.05. The fraction of sp³-hybridized carbons (Fsp3) is 0.333. The predicted octanol–water partition coefficient (Wildman–Crippen LogP) is 1.53. The summed E-state index contributed by atoms with van der Waals surface area (Å²) in [7, 11) is -3.44. The fourth-order valence-electron chi connectivity index (χ4n) is 1.78. The molecule has 0 atom stereocenters. The van der Waals surface area contributed by atoms with E-state index in [-0.39, 0.29) is 9.77 Å². The number of aromatic nitrogens is 2. The van der Waals surface area contributed by atoms with E-state index in [0.29, 0.717) is 24.3 Å². The largest absolute Gasteiger partial charge is 0.268 e. The van der Waals surface area contributed by atoms with Crippen molar-refractivity contribution in [2.24, 2.45) is 0 Å². The van der Waals surface area contributed by atoms with Crippen LogP contribution in [0.1, 0.15) is 13.8 Å². The molecule has 2 rings (SSSR count). The van der Waals surface area contributed by atoms with Crippen LogP contribution in [0.5, 0.6) is 0 Å². The third-order valence-corrected chi connectivity index (χ3v) is 6.31. The second kappa shape index (κ2) is 5.86. The second-order valence-corrected chi connectivity index (χ2v) is 7.13. The Kier molecular flexibility index (Phi) is 4.36. The van der Waals surface area contributed by atoms with Gasteiger partial charge in [0.05, 0.1) is 5.69 Å². The zero-order chi connectivity index (χ0) is 14.8. The summed E-state index contributed by atoms with van der Waals surface area (Å²) in [5, 5.41) is 7.94. The number of hydrogen-bond donors (Lipinski definition) is 1. The Bertz CT molecular complexity index is 725. The van der Waals surface area contributed by atoms with Crippen molar-refractivity contribution >= 4 is 21.4 Å². The Morgan fingerprint density at radius 3 is 2.55 bits per heavy atom. The van der Waals surface area contributed by atoms with E-state index in [2.05, 4.69) is 10.2 Å². The summed E-state index contributed by atoms with van der Waals surface area (Å²) in [6.45, 7) is 4.48. The van der Waals surface area contributed by atoms with Crippen molar-refractivity contribution in [1.29, 1.82) is 0 Å². The normalized spacial score (nSPS) is 11.9. The van der Waals surface area contributed by atoms with Crippen LogP contribution in [-0.2, 0) is 10.0 Å². The lowest BCUT2D eigenvalue weighted by Crippen LogP contribution is -2.29. The molecule has 2 aromatic rings. The van der Waals surface area contributed by atoms with Crippen LogP contribution < -0.4 is 5.56 Å². The monoisotopic (exact) mass is 313 g/mol. The topological polar surface area (TPSA) is 83.1 Å². The van der Waals surface area contributed by atoms with E-state index in [0.717, 1.165) is 11.3 Å². The van der Waals surface area contributed by atoms with Crippen LogP contribution >= 0.6 is 11.3 Å². The van der Waals surface area contributed by atoms with Gasteiger partial charge in [-0.3, -0.25) is 4.79 Å². The molecule has 0 saturated carbocycles. The number of H-pyrrole nitrogens is 1. The van der Waals surface area contributed by atoms with E-state index in [1.54, 1.807) is 31.4 Å². The van der Waals surface area contributed by atoms with Crippen molar-refractivity contribution in [3.63, 3.8) is 0 Å². The molecule has 0 aliphatic carbocycles. The van der Waals surface area contributed by atoms with Gasteiger partial charge in [0.1, 0.15) is 4.21 Å². The summed E-state index contributed by atoms with van der Waals surface area (Å²) in [6.07, 6.45) is 0. The Morgan fingerprint density at radius 1 is 1.30 bits per heavy atom. The Morgan fingerprint density at radius 2 is 2.00 bits per heavy atom. The summed E-state index contributed by atoms with van der Waals surface area (Å²) in [5.41, 5.74) is 0.929. The number of nitrogens with one attached hydrogen (secondary N) is 1. The summed E-state index contributed by atoms with van der Waals surface area (Å²) < 4.78 is 26.4. The van der Waals surface area contributed by atoms with Gasteiger partial charge < -0.3 is 0 Å². The van der Waals surface area contributed by atoms with Crippen LogP contribution in [0.4, 0.5) is 0 Å². The third kappa shape index (κ3) is 2.82. The Labute approximate surface area is 121 Å². The Balaban J connectivity index is 2.38. The van der Waals surface area contributed by atoms with Crippen molar-refractivity contribution < 1.29 is 8.42 Å². The highest BCUT2D eigenvalue weighted by Crippen LogP contribution is 2.28. The average Bonchev–Trinajstić information content (AvgIpc) is 2.91. The zero-order valence-corrected chi connectivity index (χ0v) is 12.8. The van der Waals surface area contributed by atoms with Gasteiger partial charge in [0.15, 0.2) is 0 Å². The summed E-state index contributed by atoms with van der Waals surface area (Å²) in [6, 6.07) is 4.51. The lowest BCUT2D eigenvalue weighted by atomic mass is 10.2. The molecule has 6 nitrogen and oxygen atoms in total. The van der Waals surface area contributed by atoms with Crippen LogP contribution in [0.15, 0.2) is 32.6 Å². The first-order valence-electron chi connectivity index (χ1n) is 6.13. The van der Waals surface area contributed by atoms with Crippen molar-refractivity contribution in [2.75, 3.05) is 13.1 Å². The molecular weight excluding hydrogens is 298 g/mol. The van der Waals surface area contributed by atoms with Gasteiger partial charge >= 0.3 is 0 Å². The number of aromatic amines is 1. The van der Waals surface area contributed by atoms with Gasteiger partial charge in [-0.05, 0) is 12.1 Å². The van der Waals surface area contributed by atoms with Gasteiger partial charge in [-0.25, -0.2) is 13.5 Å². The van der Waals surface area contributed by atoms with Crippen LogP contribution in [-0.4, -0.2) is 36.0 Å². The summed E-state index contributed by atoms with van der Waals surface area (Å²) in [5.74, 6) is 0. The highest BCUT2D eigenvalue weighted by Gasteiger charge is 2.23. The minimum Gasteiger partial charge on any atom is -0.268 e. The standard InChI is InChI=1S/C12H15N3O3S2/c1-3-15(4-2)20(17,18)12-7-9(8-19-12)10-5-6-11(16)14-13-10/h5-8H,3-4H2,1-2H3,(H,14,16). The van der Waals surface area contributed by atoms with Crippen molar-refractivity contribution in [2.45, 2.75) is 18.1 Å². The lowest BCUT2D eigenvalue weighted by molar-refractivity contribution is 0.447. The predicted molar refractivity (Wildman–Crippen MR) is 78.3 cm³/mol. The highest BCUT2D eigenvalue weighted by atomic mass is 32.2. The maximum Gasteiger partial charge on any atom is 0.264 e. The van der Waals surface area contributed by atoms with Crippen LogP contribution in [0.2, 0.25) is 0 Å². The first-order valence-corrected chi connectivity index (χ1v) is 8.45. The number of thiophene rings is 1. The molecule has 2 heterocycles. The molecular formula is C12H15N3O3S2. The fourth-order valence-corrected chi connectivity index (χ4v) is 4.57. The van der Waals surface area contributed by atoms with Crippen molar-refractivity contribution in [3.05, 3.63) is 33.9 Å². The number of hydrogen-bond acceptors (Lipinski definition) is 5. The van der Waals surface area contributed by atoms with Gasteiger partial charge in [0, 0.05) is 30.1 Å². The molecule has 8 heteroatoms. The quantitative estimate of drug-likeness (QED) is 0.907. The summed E-state index contributed by atoms with van der Waals surface area (Å²) >= 11 is 1.15. The highest BCUT2D eigenvalue weighted by molar-refractivity contribution is 7.91. The van der Waals surface area contributed by atoms with Crippen molar-refractivity contribution in [1.82, 2.24) is 14.5 Å². The third-order valence-electron chi connectivity index (χ3n) is 2.85. The minimum absolute atomic E-state index is 0.282. The molecule has 0 aromatic carbocycles. The zero-order valence-electron chi connectivity index (χ0n) is 11.2. The van der Waals surface area contributed by atoms with Gasteiger partial charge in [0.2, 0.25) is 0 Å². The van der Waals surface area contributed by atoms with Gasteiger partial charge in [0.25, 0.3) is 15.6 Å². The number of rotatable bonds is 5. The molecule has 0 aliphatic heterocycles. The van der Waals surface area contributed by atoms with Gasteiger partial charge in [-0.15, -0.1) is 11.3 Å². The smallest absolute Gasteiger partial charge is 0.264 e. The summed E-state index contributed by atoms with van der Waals surface area (Å²) in [4.78, 5) is 11.0. The molecule has 1 N–H and O–H groups in total. The first kappa shape index (κ1) is 14.9. The molecule has 20 heavy (non-hydrogen) atoms. The van der Waals surface area contributed by atoms with Gasteiger partial charge in [-0.1, -0.05) is 13.8 Å². The average molecular weight is 313 g/mol. The van der Waals surface area contributed by atoms with Crippen LogP contribution in [0.25, 0.3) is 11.3 Å². The SMILES string of the molecule is CCN(CC)S(=O)(=O)c1cc(-c2ccc(=O)[nH]n2)cs1.